The summed E-state index contributed by atoms with van der Waals surface area (Å²) < 4.78 is 40.1. The Morgan fingerprint density at radius 3 is 2.21 bits per heavy atom. The standard InChI is InChI=1S/C20H27ClF3N3O/c1-3-15(19-7-12-4-13(8-19)6-14(5-12)9-19)25-16(28)10-27-11(2)17(21)18(26-27)20(22,23)24/h12-15H,3-10H2,1-2H3,(H,25,28). The molecule has 4 fully saturated rings. The second kappa shape index (κ2) is 6.92. The first kappa shape index (κ1) is 20.0. The number of carbonyl (C=O) groups is 1. The quantitative estimate of drug-likeness (QED) is 0.734. The van der Waals surface area contributed by atoms with Gasteiger partial charge in [-0.05, 0) is 75.0 Å². The third kappa shape index (κ3) is 3.44. The van der Waals surface area contributed by atoms with Crippen LogP contribution in [-0.4, -0.2) is 21.7 Å². The van der Waals surface area contributed by atoms with Crippen LogP contribution in [0.1, 0.15) is 63.3 Å². The predicted molar refractivity (Wildman–Crippen MR) is 99.8 cm³/mol. The molecular weight excluding hydrogens is 391 g/mol. The van der Waals surface area contributed by atoms with Gasteiger partial charge in [0.2, 0.25) is 5.91 Å². The number of halogens is 4. The maximum absolute atomic E-state index is 13.0. The minimum Gasteiger partial charge on any atom is -0.351 e. The van der Waals surface area contributed by atoms with Crippen LogP contribution in [0.4, 0.5) is 13.2 Å². The van der Waals surface area contributed by atoms with E-state index in [0.29, 0.717) is 0 Å². The van der Waals surface area contributed by atoms with Crippen molar-refractivity contribution in [2.24, 2.45) is 23.2 Å². The summed E-state index contributed by atoms with van der Waals surface area (Å²) in [6.45, 7) is 3.29. The van der Waals surface area contributed by atoms with E-state index in [4.69, 9.17) is 11.6 Å². The van der Waals surface area contributed by atoms with Gasteiger partial charge < -0.3 is 5.32 Å². The molecule has 1 aromatic heterocycles. The number of carbonyl (C=O) groups excluding carboxylic acids is 1. The van der Waals surface area contributed by atoms with Gasteiger partial charge in [0.25, 0.3) is 0 Å². The van der Waals surface area contributed by atoms with Gasteiger partial charge in [0.05, 0.1) is 10.7 Å². The molecule has 1 N–H and O–H groups in total. The van der Waals surface area contributed by atoms with E-state index in [1.54, 1.807) is 0 Å². The van der Waals surface area contributed by atoms with Crippen LogP contribution in [0.3, 0.4) is 0 Å². The molecule has 0 aromatic carbocycles. The van der Waals surface area contributed by atoms with Gasteiger partial charge in [-0.25, -0.2) is 0 Å². The summed E-state index contributed by atoms with van der Waals surface area (Å²) in [6.07, 6.45) is 3.70. The molecule has 4 saturated carbocycles. The van der Waals surface area contributed by atoms with Crippen molar-refractivity contribution >= 4 is 17.5 Å². The van der Waals surface area contributed by atoms with E-state index in [0.717, 1.165) is 28.9 Å². The highest BCUT2D eigenvalue weighted by Crippen LogP contribution is 2.61. The van der Waals surface area contributed by atoms with Crippen molar-refractivity contribution in [3.05, 3.63) is 16.4 Å². The highest BCUT2D eigenvalue weighted by atomic mass is 35.5. The van der Waals surface area contributed by atoms with Crippen LogP contribution in [0.5, 0.6) is 0 Å². The molecule has 5 rings (SSSR count). The Morgan fingerprint density at radius 1 is 1.25 bits per heavy atom. The van der Waals surface area contributed by atoms with Crippen molar-refractivity contribution in [1.82, 2.24) is 15.1 Å². The summed E-state index contributed by atoms with van der Waals surface area (Å²) >= 11 is 5.79. The average Bonchev–Trinajstić information content (AvgIpc) is 2.87. The molecule has 1 heterocycles. The Morgan fingerprint density at radius 2 is 1.79 bits per heavy atom. The van der Waals surface area contributed by atoms with Crippen molar-refractivity contribution in [3.8, 4) is 0 Å². The minimum atomic E-state index is -4.63. The highest BCUT2D eigenvalue weighted by molar-refractivity contribution is 6.32. The van der Waals surface area contributed by atoms with E-state index in [1.165, 1.54) is 45.4 Å². The topological polar surface area (TPSA) is 46.9 Å². The van der Waals surface area contributed by atoms with Crippen LogP contribution >= 0.6 is 11.6 Å². The van der Waals surface area contributed by atoms with Crippen LogP contribution in [-0.2, 0) is 17.5 Å². The Balaban J connectivity index is 1.48. The van der Waals surface area contributed by atoms with E-state index in [9.17, 15) is 18.0 Å². The number of amides is 1. The Bertz CT molecular complexity index is 738. The average molecular weight is 418 g/mol. The molecule has 1 unspecified atom stereocenters. The fourth-order valence-corrected chi connectivity index (χ4v) is 6.77. The first-order valence-corrected chi connectivity index (χ1v) is 10.6. The second-order valence-electron chi connectivity index (χ2n) is 9.21. The first-order chi connectivity index (χ1) is 13.1. The van der Waals surface area contributed by atoms with Crippen LogP contribution in [0, 0.1) is 30.1 Å². The summed E-state index contributed by atoms with van der Waals surface area (Å²) in [5, 5.41) is 6.25. The zero-order valence-electron chi connectivity index (χ0n) is 16.3. The van der Waals surface area contributed by atoms with Crippen molar-refractivity contribution < 1.29 is 18.0 Å². The molecule has 0 aliphatic heterocycles. The SMILES string of the molecule is CCC(NC(=O)Cn1nc(C(F)(F)F)c(Cl)c1C)C12CC3CC(CC(C3)C1)C2. The molecule has 1 amide bonds. The van der Waals surface area contributed by atoms with E-state index in [1.807, 2.05) is 0 Å². The predicted octanol–water partition coefficient (Wildman–Crippen LogP) is 4.97. The normalized spacial score (nSPS) is 32.6. The molecule has 28 heavy (non-hydrogen) atoms. The largest absolute Gasteiger partial charge is 0.436 e. The zero-order valence-corrected chi connectivity index (χ0v) is 17.0. The Labute approximate surface area is 168 Å². The molecule has 0 spiro atoms. The van der Waals surface area contributed by atoms with Crippen LogP contribution in [0.2, 0.25) is 5.02 Å². The van der Waals surface area contributed by atoms with Crippen LogP contribution in [0.15, 0.2) is 0 Å². The van der Waals surface area contributed by atoms with Crippen molar-refractivity contribution in [2.75, 3.05) is 0 Å². The smallest absolute Gasteiger partial charge is 0.351 e. The lowest BCUT2D eigenvalue weighted by molar-refractivity contribution is -0.141. The number of nitrogens with zero attached hydrogens (tertiary/aromatic N) is 2. The third-order valence-electron chi connectivity index (χ3n) is 7.26. The minimum absolute atomic E-state index is 0.0711. The zero-order chi connectivity index (χ0) is 20.3. The number of hydrogen-bond acceptors (Lipinski definition) is 2. The summed E-state index contributed by atoms with van der Waals surface area (Å²) in [4.78, 5) is 12.7. The van der Waals surface area contributed by atoms with Gasteiger partial charge in [0, 0.05) is 6.04 Å². The Hall–Kier alpha value is -1.24. The number of alkyl halides is 3. The lowest BCUT2D eigenvalue weighted by Gasteiger charge is -2.59. The Kier molecular flexibility index (Phi) is 4.96. The fraction of sp³-hybridized carbons (Fsp3) is 0.800. The van der Waals surface area contributed by atoms with Gasteiger partial charge in [-0.3, -0.25) is 9.48 Å². The molecule has 4 aliphatic rings. The van der Waals surface area contributed by atoms with E-state index >= 15 is 0 Å². The molecule has 4 nitrogen and oxygen atoms in total. The van der Waals surface area contributed by atoms with Crippen molar-refractivity contribution in [1.29, 1.82) is 0 Å². The van der Waals surface area contributed by atoms with Crippen LogP contribution in [0.25, 0.3) is 0 Å². The number of rotatable bonds is 5. The molecule has 0 radical (unpaired) electrons. The van der Waals surface area contributed by atoms with Gasteiger partial charge in [0.1, 0.15) is 6.54 Å². The summed E-state index contributed by atoms with van der Waals surface area (Å²) in [7, 11) is 0. The molecule has 156 valence electrons. The molecule has 0 saturated heterocycles. The van der Waals surface area contributed by atoms with Gasteiger partial charge >= 0.3 is 6.18 Å². The summed E-state index contributed by atoms with van der Waals surface area (Å²) in [5.41, 5.74) is -0.813. The molecular formula is C20H27ClF3N3O. The molecule has 4 bridgehead atoms. The molecule has 4 aliphatic carbocycles. The maximum Gasteiger partial charge on any atom is 0.436 e. The van der Waals surface area contributed by atoms with E-state index < -0.39 is 16.9 Å². The third-order valence-corrected chi connectivity index (χ3v) is 7.72. The van der Waals surface area contributed by atoms with Crippen LogP contribution < -0.4 is 5.32 Å². The van der Waals surface area contributed by atoms with E-state index in [2.05, 4.69) is 17.3 Å². The van der Waals surface area contributed by atoms with Crippen molar-refractivity contribution in [3.63, 3.8) is 0 Å². The van der Waals surface area contributed by atoms with Gasteiger partial charge in [-0.2, -0.15) is 18.3 Å². The van der Waals surface area contributed by atoms with E-state index in [-0.39, 0.29) is 29.6 Å². The lowest BCUT2D eigenvalue weighted by atomic mass is 9.47. The monoisotopic (exact) mass is 417 g/mol. The second-order valence-corrected chi connectivity index (χ2v) is 9.59. The summed E-state index contributed by atoms with van der Waals surface area (Å²) in [5.74, 6) is 2.04. The molecule has 1 aromatic rings. The van der Waals surface area contributed by atoms with Gasteiger partial charge in [0.15, 0.2) is 5.69 Å². The number of aromatic nitrogens is 2. The van der Waals surface area contributed by atoms with Gasteiger partial charge in [-0.1, -0.05) is 18.5 Å². The first-order valence-electron chi connectivity index (χ1n) is 10.2. The highest BCUT2D eigenvalue weighted by Gasteiger charge is 2.54. The molecule has 8 heteroatoms. The number of nitrogens with one attached hydrogen (secondary N) is 1. The van der Waals surface area contributed by atoms with Gasteiger partial charge in [-0.15, -0.1) is 0 Å². The maximum atomic E-state index is 13.0. The lowest BCUT2D eigenvalue weighted by Crippen LogP contribution is -2.57. The van der Waals surface area contributed by atoms with Crippen molar-refractivity contribution in [2.45, 2.75) is 77.6 Å². The summed E-state index contributed by atoms with van der Waals surface area (Å²) in [6, 6.07) is 0.0711. The molecule has 1 atom stereocenters. The fourth-order valence-electron chi connectivity index (χ4n) is 6.53. The number of hydrogen-bond donors (Lipinski definition) is 1.